The molecule has 8 nitrogen and oxygen atoms in total. The molecule has 0 saturated heterocycles. The molecule has 0 aromatic heterocycles. The highest BCUT2D eigenvalue weighted by molar-refractivity contribution is 9.10. The average Bonchev–Trinajstić information content (AvgIpc) is 2.63. The minimum absolute atomic E-state index is 0.101. The molecule has 166 valence electrons. The van der Waals surface area contributed by atoms with Crippen molar-refractivity contribution in [2.45, 2.75) is 28.6 Å². The van der Waals surface area contributed by atoms with Gasteiger partial charge in [-0.05, 0) is 39.6 Å². The number of benzene rings is 1. The Hall–Kier alpha value is -1.99. The van der Waals surface area contributed by atoms with Crippen LogP contribution in [0.25, 0.3) is 0 Å². The molecule has 0 heterocycles. The number of hydrogen-bond donors (Lipinski definition) is 0. The van der Waals surface area contributed by atoms with Crippen molar-refractivity contribution in [2.24, 2.45) is 0 Å². The standard InChI is InChI=1S/C17H18BrF3N2O6S/c1-22(2)10-9-16(11-5-3-4-6-13(11)23(25)26)14(8-7-12(18)15(16)24)29-30(27,28)17(19,20)21/h3-6,8,12H,7,9-10H2,1-2H3. The van der Waals surface area contributed by atoms with E-state index < -0.39 is 48.0 Å². The topological polar surface area (TPSA) is 107 Å². The maximum Gasteiger partial charge on any atom is 0.534 e. The number of hydrogen-bond acceptors (Lipinski definition) is 7. The molecule has 13 heteroatoms. The lowest BCUT2D eigenvalue weighted by Crippen LogP contribution is -2.48. The van der Waals surface area contributed by atoms with Gasteiger partial charge in [0.1, 0.15) is 11.2 Å². The maximum absolute atomic E-state index is 13.3. The van der Waals surface area contributed by atoms with E-state index in [1.165, 1.54) is 18.2 Å². The van der Waals surface area contributed by atoms with Gasteiger partial charge in [-0.3, -0.25) is 14.9 Å². The van der Waals surface area contributed by atoms with Crippen molar-refractivity contribution in [3.63, 3.8) is 0 Å². The summed E-state index contributed by atoms with van der Waals surface area (Å²) in [5, 5.41) is 11.6. The fourth-order valence-corrected chi connectivity index (χ4v) is 4.30. The largest absolute Gasteiger partial charge is 0.534 e. The summed E-state index contributed by atoms with van der Waals surface area (Å²) in [6.45, 7) is 0.101. The molecular formula is C17H18BrF3N2O6S. The first-order valence-corrected chi connectivity index (χ1v) is 10.8. The quantitative estimate of drug-likeness (QED) is 0.180. The lowest BCUT2D eigenvalue weighted by molar-refractivity contribution is -0.386. The Kier molecular flexibility index (Phi) is 6.99. The van der Waals surface area contributed by atoms with Gasteiger partial charge in [0, 0.05) is 6.07 Å². The van der Waals surface area contributed by atoms with Crippen molar-refractivity contribution in [1.29, 1.82) is 0 Å². The van der Waals surface area contributed by atoms with Gasteiger partial charge in [-0.15, -0.1) is 0 Å². The molecule has 30 heavy (non-hydrogen) atoms. The zero-order valence-electron chi connectivity index (χ0n) is 15.8. The van der Waals surface area contributed by atoms with Gasteiger partial charge in [-0.2, -0.15) is 21.6 Å². The molecule has 0 aliphatic heterocycles. The van der Waals surface area contributed by atoms with Crippen molar-refractivity contribution < 1.29 is 35.5 Å². The average molecular weight is 515 g/mol. The molecule has 0 saturated carbocycles. The number of nitro groups is 1. The number of carbonyl (C=O) groups is 1. The minimum Gasteiger partial charge on any atom is -0.379 e. The van der Waals surface area contributed by atoms with Crippen LogP contribution in [-0.2, 0) is 24.5 Å². The fraction of sp³-hybridized carbons (Fsp3) is 0.471. The molecule has 0 spiro atoms. The van der Waals surface area contributed by atoms with Crippen LogP contribution in [0.2, 0.25) is 0 Å². The van der Waals surface area contributed by atoms with E-state index in [0.717, 1.165) is 12.1 Å². The van der Waals surface area contributed by atoms with Crippen LogP contribution in [0.1, 0.15) is 18.4 Å². The summed E-state index contributed by atoms with van der Waals surface area (Å²) in [5.41, 5.74) is -8.63. The van der Waals surface area contributed by atoms with Crippen LogP contribution < -0.4 is 0 Å². The molecule has 2 unspecified atom stereocenters. The van der Waals surface area contributed by atoms with Gasteiger partial charge in [0.2, 0.25) is 0 Å². The molecule has 1 aromatic carbocycles. The number of rotatable bonds is 7. The first kappa shape index (κ1) is 24.3. The van der Waals surface area contributed by atoms with Gasteiger partial charge in [-0.1, -0.05) is 34.1 Å². The molecule has 1 aromatic rings. The monoisotopic (exact) mass is 514 g/mol. The Morgan fingerprint density at radius 2 is 1.93 bits per heavy atom. The number of nitro benzene ring substituents is 1. The van der Waals surface area contributed by atoms with E-state index >= 15 is 0 Å². The van der Waals surface area contributed by atoms with Crippen LogP contribution in [0, 0.1) is 10.1 Å². The normalized spacial score (nSPS) is 22.7. The molecule has 0 radical (unpaired) electrons. The molecule has 0 N–H and O–H groups in total. The zero-order valence-corrected chi connectivity index (χ0v) is 18.3. The van der Waals surface area contributed by atoms with Crippen LogP contribution in [0.3, 0.4) is 0 Å². The minimum atomic E-state index is -6.11. The number of halogens is 4. The molecule has 2 atom stereocenters. The summed E-state index contributed by atoms with van der Waals surface area (Å²) in [6.07, 6.45) is 0.660. The number of carbonyl (C=O) groups excluding carboxylic acids is 1. The third-order valence-corrected chi connectivity index (χ3v) is 6.37. The number of alkyl halides is 4. The fourth-order valence-electron chi connectivity index (χ4n) is 3.18. The highest BCUT2D eigenvalue weighted by Gasteiger charge is 2.56. The van der Waals surface area contributed by atoms with Crippen molar-refractivity contribution in [3.8, 4) is 0 Å². The predicted molar refractivity (Wildman–Crippen MR) is 104 cm³/mol. The first-order chi connectivity index (χ1) is 13.7. The Morgan fingerprint density at radius 3 is 2.47 bits per heavy atom. The van der Waals surface area contributed by atoms with E-state index in [-0.39, 0.29) is 24.9 Å². The van der Waals surface area contributed by atoms with Crippen molar-refractivity contribution in [2.75, 3.05) is 20.6 Å². The number of para-hydroxylation sites is 1. The summed E-state index contributed by atoms with van der Waals surface area (Å²) in [6, 6.07) is 5.01. The molecule has 0 bridgehead atoms. The van der Waals surface area contributed by atoms with Gasteiger partial charge in [0.15, 0.2) is 5.78 Å². The van der Waals surface area contributed by atoms with E-state index in [9.17, 15) is 36.5 Å². The smallest absolute Gasteiger partial charge is 0.379 e. The molecule has 1 aliphatic rings. The van der Waals surface area contributed by atoms with Gasteiger partial charge >= 0.3 is 15.6 Å². The summed E-state index contributed by atoms with van der Waals surface area (Å²) >= 11 is 3.14. The van der Waals surface area contributed by atoms with E-state index in [4.69, 9.17) is 0 Å². The maximum atomic E-state index is 13.3. The van der Waals surface area contributed by atoms with Crippen molar-refractivity contribution in [3.05, 3.63) is 51.8 Å². The van der Waals surface area contributed by atoms with E-state index in [2.05, 4.69) is 20.1 Å². The summed E-state index contributed by atoms with van der Waals surface area (Å²) in [7, 11) is -2.85. The summed E-state index contributed by atoms with van der Waals surface area (Å²) in [4.78, 5) is 24.8. The second-order valence-electron chi connectivity index (χ2n) is 6.85. The SMILES string of the molecule is CN(C)CCC1(c2ccccc2[N+](=O)[O-])C(=O)C(Br)CC=C1OS(=O)(=O)C(F)(F)F. The summed E-state index contributed by atoms with van der Waals surface area (Å²) < 4.78 is 66.8. The molecule has 0 amide bonds. The van der Waals surface area contributed by atoms with Crippen LogP contribution in [0.4, 0.5) is 18.9 Å². The van der Waals surface area contributed by atoms with E-state index in [0.29, 0.717) is 0 Å². The van der Waals surface area contributed by atoms with Crippen LogP contribution in [-0.4, -0.2) is 55.0 Å². The van der Waals surface area contributed by atoms with E-state index in [1.54, 1.807) is 19.0 Å². The van der Waals surface area contributed by atoms with Crippen LogP contribution >= 0.6 is 15.9 Å². The van der Waals surface area contributed by atoms with Gasteiger partial charge in [0.25, 0.3) is 5.69 Å². The number of Topliss-reactive ketones (excluding diaryl/α,β-unsaturated/α-hetero) is 1. The van der Waals surface area contributed by atoms with Gasteiger partial charge in [0.05, 0.1) is 15.3 Å². The Morgan fingerprint density at radius 1 is 1.33 bits per heavy atom. The third kappa shape index (κ3) is 4.52. The Bertz CT molecular complexity index is 980. The molecule has 1 aliphatic carbocycles. The summed E-state index contributed by atoms with van der Waals surface area (Å²) in [5.74, 6) is -1.52. The van der Waals surface area contributed by atoms with Gasteiger partial charge in [-0.25, -0.2) is 0 Å². The highest BCUT2D eigenvalue weighted by atomic mass is 79.9. The van der Waals surface area contributed by atoms with Crippen LogP contribution in [0.15, 0.2) is 36.1 Å². The number of ketones is 1. The second-order valence-corrected chi connectivity index (χ2v) is 9.50. The van der Waals surface area contributed by atoms with E-state index in [1.807, 2.05) is 0 Å². The molecule has 2 rings (SSSR count). The first-order valence-electron chi connectivity index (χ1n) is 8.52. The molecule has 0 fully saturated rings. The third-order valence-electron chi connectivity index (χ3n) is 4.61. The highest BCUT2D eigenvalue weighted by Crippen LogP contribution is 2.48. The van der Waals surface area contributed by atoms with Gasteiger partial charge < -0.3 is 9.08 Å². The lowest BCUT2D eigenvalue weighted by atomic mass is 9.68. The van der Waals surface area contributed by atoms with Crippen molar-refractivity contribution >= 4 is 37.5 Å². The number of allylic oxidation sites excluding steroid dienone is 2. The Labute approximate surface area is 179 Å². The predicted octanol–water partition coefficient (Wildman–Crippen LogP) is 3.27. The van der Waals surface area contributed by atoms with Crippen LogP contribution in [0.5, 0.6) is 0 Å². The second kappa shape index (κ2) is 8.63. The Balaban J connectivity index is 2.81. The molecular weight excluding hydrogens is 497 g/mol. The lowest BCUT2D eigenvalue weighted by Gasteiger charge is -2.38. The number of nitrogens with zero attached hydrogens (tertiary/aromatic N) is 2. The van der Waals surface area contributed by atoms with Crippen molar-refractivity contribution in [1.82, 2.24) is 4.90 Å². The zero-order chi connectivity index (χ0) is 22.9.